The van der Waals surface area contributed by atoms with Crippen molar-refractivity contribution in [1.29, 1.82) is 0 Å². The second kappa shape index (κ2) is 11.0. The number of carbonyl (C=O) groups excluding carboxylic acids is 2. The quantitative estimate of drug-likeness (QED) is 0.427. The van der Waals surface area contributed by atoms with Crippen LogP contribution in [-0.2, 0) is 4.74 Å². The molecule has 0 bridgehead atoms. The van der Waals surface area contributed by atoms with Gasteiger partial charge < -0.3 is 25.2 Å². The molecule has 27 heavy (non-hydrogen) atoms. The van der Waals surface area contributed by atoms with Crippen LogP contribution in [0.5, 0.6) is 0 Å². The fraction of sp³-hybridized carbons (Fsp3) is 0.556. The number of piperazine rings is 1. The second-order valence-electron chi connectivity index (χ2n) is 5.91. The van der Waals surface area contributed by atoms with Crippen LogP contribution in [0.1, 0.15) is 24.2 Å². The normalized spacial score (nSPS) is 14.7. The fourth-order valence-electron chi connectivity index (χ4n) is 2.67. The number of hydrogen-bond acceptors (Lipinski definition) is 5. The summed E-state index contributed by atoms with van der Waals surface area (Å²) in [6, 6.07) is 3.45. The Morgan fingerprint density at radius 3 is 2.56 bits per heavy atom. The van der Waals surface area contributed by atoms with Gasteiger partial charge in [-0.3, -0.25) is 14.8 Å². The van der Waals surface area contributed by atoms with E-state index in [0.717, 1.165) is 12.5 Å². The number of carbonyl (C=O) groups is 2. The Kier molecular flexibility index (Phi) is 8.34. The molecule has 2 heterocycles. The van der Waals surface area contributed by atoms with Crippen LogP contribution < -0.4 is 10.6 Å². The molecule has 1 aromatic heterocycles. The van der Waals surface area contributed by atoms with Gasteiger partial charge in [0.2, 0.25) is 0 Å². The van der Waals surface area contributed by atoms with Crippen molar-refractivity contribution < 1.29 is 14.3 Å². The maximum atomic E-state index is 12.0. The van der Waals surface area contributed by atoms with E-state index in [4.69, 9.17) is 4.74 Å². The molecule has 9 nitrogen and oxygen atoms in total. The van der Waals surface area contributed by atoms with Crippen molar-refractivity contribution in [2.45, 2.75) is 13.8 Å². The van der Waals surface area contributed by atoms with Gasteiger partial charge in [-0.2, -0.15) is 0 Å². The van der Waals surface area contributed by atoms with E-state index < -0.39 is 0 Å². The van der Waals surface area contributed by atoms with Gasteiger partial charge in [-0.1, -0.05) is 0 Å². The van der Waals surface area contributed by atoms with E-state index in [-0.39, 0.29) is 12.0 Å². The summed E-state index contributed by atoms with van der Waals surface area (Å²) in [5.74, 6) is 0.628. The predicted molar refractivity (Wildman–Crippen MR) is 103 cm³/mol. The minimum Gasteiger partial charge on any atom is -0.450 e. The van der Waals surface area contributed by atoms with Crippen molar-refractivity contribution in [3.05, 3.63) is 30.1 Å². The van der Waals surface area contributed by atoms with Crippen LogP contribution in [0.25, 0.3) is 0 Å². The van der Waals surface area contributed by atoms with Gasteiger partial charge >= 0.3 is 6.09 Å². The Morgan fingerprint density at radius 1 is 1.19 bits per heavy atom. The average molecular weight is 376 g/mol. The number of nitrogens with zero attached hydrogens (tertiary/aromatic N) is 4. The van der Waals surface area contributed by atoms with E-state index in [2.05, 4.69) is 25.5 Å². The van der Waals surface area contributed by atoms with E-state index in [0.29, 0.717) is 51.4 Å². The molecule has 0 aromatic carbocycles. The summed E-state index contributed by atoms with van der Waals surface area (Å²) in [5, 5.41) is 6.09. The summed E-state index contributed by atoms with van der Waals surface area (Å²) < 4.78 is 5.04. The zero-order valence-corrected chi connectivity index (χ0v) is 16.0. The van der Waals surface area contributed by atoms with Gasteiger partial charge in [0.25, 0.3) is 5.91 Å². The standard InChI is InChI=1S/C18H28N6O3/c1-3-20-17(23-10-12-24(13-11-23)18(26)27-4-2)22-9-8-21-16(25)15-6-5-7-19-14-15/h5-7,14H,3-4,8-13H2,1-2H3,(H,20,22)(H,21,25). The van der Waals surface area contributed by atoms with E-state index in [9.17, 15) is 9.59 Å². The number of rotatable bonds is 6. The van der Waals surface area contributed by atoms with Crippen LogP contribution >= 0.6 is 0 Å². The first-order valence-electron chi connectivity index (χ1n) is 9.28. The van der Waals surface area contributed by atoms with Crippen molar-refractivity contribution in [2.75, 3.05) is 52.4 Å². The summed E-state index contributed by atoms with van der Waals surface area (Å²) in [6.07, 6.45) is 2.90. The van der Waals surface area contributed by atoms with Gasteiger partial charge in [0.1, 0.15) is 0 Å². The van der Waals surface area contributed by atoms with E-state index in [1.807, 2.05) is 6.92 Å². The second-order valence-corrected chi connectivity index (χ2v) is 5.91. The topological polar surface area (TPSA) is 99.2 Å². The van der Waals surface area contributed by atoms with Crippen molar-refractivity contribution in [2.24, 2.45) is 4.99 Å². The summed E-state index contributed by atoms with van der Waals surface area (Å²) >= 11 is 0. The number of hydrogen-bond donors (Lipinski definition) is 2. The minimum absolute atomic E-state index is 0.161. The van der Waals surface area contributed by atoms with Crippen molar-refractivity contribution in [1.82, 2.24) is 25.4 Å². The van der Waals surface area contributed by atoms with Gasteiger partial charge in [0.05, 0.1) is 18.7 Å². The summed E-state index contributed by atoms with van der Waals surface area (Å²) in [7, 11) is 0. The van der Waals surface area contributed by atoms with E-state index >= 15 is 0 Å². The third-order valence-corrected chi connectivity index (χ3v) is 4.02. The Balaban J connectivity index is 1.80. The molecule has 1 aromatic rings. The van der Waals surface area contributed by atoms with E-state index in [1.54, 1.807) is 30.2 Å². The van der Waals surface area contributed by atoms with Crippen LogP contribution in [0, 0.1) is 0 Å². The number of aromatic nitrogens is 1. The summed E-state index contributed by atoms with van der Waals surface area (Å²) in [4.78, 5) is 36.1. The first-order valence-corrected chi connectivity index (χ1v) is 9.28. The first-order chi connectivity index (χ1) is 13.2. The third kappa shape index (κ3) is 6.43. The molecule has 9 heteroatoms. The zero-order chi connectivity index (χ0) is 19.5. The maximum Gasteiger partial charge on any atom is 0.409 e. The molecule has 1 aliphatic rings. The molecule has 0 aliphatic carbocycles. The molecular formula is C18H28N6O3. The molecule has 0 atom stereocenters. The molecule has 0 spiro atoms. The molecule has 1 fully saturated rings. The van der Waals surface area contributed by atoms with Crippen LogP contribution in [0.4, 0.5) is 4.79 Å². The van der Waals surface area contributed by atoms with Crippen molar-refractivity contribution >= 4 is 18.0 Å². The van der Waals surface area contributed by atoms with Gasteiger partial charge in [0, 0.05) is 51.7 Å². The van der Waals surface area contributed by atoms with Gasteiger partial charge in [-0.05, 0) is 26.0 Å². The van der Waals surface area contributed by atoms with Gasteiger partial charge in [-0.25, -0.2) is 4.79 Å². The fourth-order valence-corrected chi connectivity index (χ4v) is 2.67. The molecule has 1 saturated heterocycles. The summed E-state index contributed by atoms with van der Waals surface area (Å²) in [6.45, 7) is 8.41. The molecule has 148 valence electrons. The smallest absolute Gasteiger partial charge is 0.409 e. The highest BCUT2D eigenvalue weighted by Gasteiger charge is 2.23. The monoisotopic (exact) mass is 376 g/mol. The average Bonchev–Trinajstić information content (AvgIpc) is 2.71. The van der Waals surface area contributed by atoms with Crippen LogP contribution in [0.15, 0.2) is 29.5 Å². The van der Waals surface area contributed by atoms with Gasteiger partial charge in [0.15, 0.2) is 5.96 Å². The number of ether oxygens (including phenoxy) is 1. The molecule has 0 saturated carbocycles. The van der Waals surface area contributed by atoms with Crippen LogP contribution in [0.3, 0.4) is 0 Å². The number of guanidine groups is 1. The molecule has 0 unspecified atom stereocenters. The number of amides is 2. The minimum atomic E-state index is -0.266. The van der Waals surface area contributed by atoms with Crippen LogP contribution in [0.2, 0.25) is 0 Å². The molecule has 2 N–H and O–H groups in total. The Labute approximate surface area is 159 Å². The Bertz CT molecular complexity index is 629. The van der Waals surface area contributed by atoms with E-state index in [1.165, 1.54) is 6.20 Å². The first kappa shape index (κ1) is 20.5. The van der Waals surface area contributed by atoms with Crippen molar-refractivity contribution in [3.63, 3.8) is 0 Å². The Morgan fingerprint density at radius 2 is 1.93 bits per heavy atom. The lowest BCUT2D eigenvalue weighted by molar-refractivity contribution is 0.0914. The maximum absolute atomic E-state index is 12.0. The summed E-state index contributed by atoms with van der Waals surface area (Å²) in [5.41, 5.74) is 0.531. The highest BCUT2D eigenvalue weighted by Crippen LogP contribution is 2.04. The van der Waals surface area contributed by atoms with Crippen molar-refractivity contribution in [3.8, 4) is 0 Å². The third-order valence-electron chi connectivity index (χ3n) is 4.02. The number of aliphatic imine (C=N–C) groups is 1. The highest BCUT2D eigenvalue weighted by atomic mass is 16.6. The molecular weight excluding hydrogens is 348 g/mol. The lowest BCUT2D eigenvalue weighted by Crippen LogP contribution is -2.54. The zero-order valence-electron chi connectivity index (χ0n) is 16.0. The molecule has 2 amide bonds. The number of nitrogens with one attached hydrogen (secondary N) is 2. The van der Waals surface area contributed by atoms with Gasteiger partial charge in [-0.15, -0.1) is 0 Å². The predicted octanol–water partition coefficient (Wildman–Crippen LogP) is 0.551. The molecule has 1 aliphatic heterocycles. The lowest BCUT2D eigenvalue weighted by Gasteiger charge is -2.35. The lowest BCUT2D eigenvalue weighted by atomic mass is 10.3. The van der Waals surface area contributed by atoms with Crippen LogP contribution in [-0.4, -0.2) is 85.2 Å². The number of pyridine rings is 1. The molecule has 0 radical (unpaired) electrons. The SMILES string of the molecule is CCNC(=NCCNC(=O)c1cccnc1)N1CCN(C(=O)OCC)CC1. The largest absolute Gasteiger partial charge is 0.450 e. The molecule has 2 rings (SSSR count). The highest BCUT2D eigenvalue weighted by molar-refractivity contribution is 5.93. The Hall–Kier alpha value is -2.84.